The zero-order chi connectivity index (χ0) is 8.81. The zero-order valence-corrected chi connectivity index (χ0v) is 12.1. The van der Waals surface area contributed by atoms with E-state index >= 15 is 0 Å². The van der Waals surface area contributed by atoms with Gasteiger partial charge in [0.1, 0.15) is 0 Å². The fraction of sp³-hybridized carbons (Fsp3) is 0.222. The minimum atomic E-state index is 0.116. The standard InChI is InChI=1S/C9H10NO.Rb/c11-8-10-7-6-9-4-2-1-3-5-9;/h1-5H,6-7H2,(H,10,11);. The van der Waals surface area contributed by atoms with Crippen molar-refractivity contribution in [2.24, 2.45) is 0 Å². The summed E-state index contributed by atoms with van der Waals surface area (Å²) in [5.41, 5.74) is 1.28. The van der Waals surface area contributed by atoms with Crippen LogP contribution in [-0.4, -0.2) is 61.1 Å². The van der Waals surface area contributed by atoms with Gasteiger partial charge in [-0.15, -0.1) is 0 Å². The summed E-state index contributed by atoms with van der Waals surface area (Å²) in [4.78, 5) is 10.6. The molecule has 58 valence electrons. The minimum absolute atomic E-state index is 0.116. The molecule has 0 aromatic heterocycles. The van der Waals surface area contributed by atoms with Crippen LogP contribution in [0.3, 0.4) is 0 Å². The Bertz CT molecular complexity index is 248. The molecule has 1 N–H and O–H groups in total. The number of carbonyl (C=O) groups is 1. The Kier molecular flexibility index (Phi) is 5.31. The van der Waals surface area contributed by atoms with Gasteiger partial charge in [0.05, 0.1) is 0 Å². The van der Waals surface area contributed by atoms with Crippen LogP contribution in [0.4, 0.5) is 4.79 Å². The monoisotopic (exact) mass is 233 g/mol. The fourth-order valence-electron chi connectivity index (χ4n) is 1.03. The summed E-state index contributed by atoms with van der Waals surface area (Å²) >= 11 is 0.116. The van der Waals surface area contributed by atoms with Gasteiger partial charge in [0.25, 0.3) is 0 Å². The summed E-state index contributed by atoms with van der Waals surface area (Å²) in [5.74, 6) is 0. The van der Waals surface area contributed by atoms with Gasteiger partial charge in [0.15, 0.2) is 0 Å². The van der Waals surface area contributed by atoms with Crippen molar-refractivity contribution in [1.29, 1.82) is 0 Å². The van der Waals surface area contributed by atoms with Crippen LogP contribution in [0.1, 0.15) is 5.56 Å². The Balaban J connectivity index is 2.29. The van der Waals surface area contributed by atoms with Crippen molar-refractivity contribution in [1.82, 2.24) is 5.32 Å². The maximum absolute atomic E-state index is 10.6. The molecule has 0 spiro atoms. The van der Waals surface area contributed by atoms with Gasteiger partial charge < -0.3 is 0 Å². The number of amides is 1. The number of benzene rings is 1. The van der Waals surface area contributed by atoms with Crippen LogP contribution in [0.2, 0.25) is 0 Å². The van der Waals surface area contributed by atoms with Crippen molar-refractivity contribution in [2.45, 2.75) is 6.42 Å². The molecule has 0 aliphatic rings. The SMILES string of the molecule is O=[C]([Rb])NCCc1ccccc1. The van der Waals surface area contributed by atoms with E-state index in [0.717, 1.165) is 13.0 Å². The third-order valence-corrected chi connectivity index (χ3v) is 2.50. The molecule has 0 bridgehead atoms. The molecule has 0 saturated carbocycles. The molecule has 0 fully saturated rings. The molecular weight excluding hydrogens is 224 g/mol. The van der Waals surface area contributed by atoms with E-state index in [0.29, 0.717) is 0 Å². The quantitative estimate of drug-likeness (QED) is 0.833. The number of carbonyl (C=O) groups excluding carboxylic acids is 1. The predicted molar refractivity (Wildman–Crippen MR) is 49.3 cm³/mol. The summed E-state index contributed by atoms with van der Waals surface area (Å²) < 4.78 is 0.243. The van der Waals surface area contributed by atoms with E-state index in [9.17, 15) is 4.79 Å². The van der Waals surface area contributed by atoms with Gasteiger partial charge in [0, 0.05) is 0 Å². The third-order valence-electron chi connectivity index (χ3n) is 1.63. The van der Waals surface area contributed by atoms with E-state index in [-0.39, 0.29) is 54.5 Å². The topological polar surface area (TPSA) is 29.1 Å². The number of nitrogens with one attached hydrogen (secondary N) is 1. The normalized spacial score (nSPS) is 9.50. The number of hydrogen-bond acceptors (Lipinski definition) is 1. The van der Waals surface area contributed by atoms with E-state index in [4.69, 9.17) is 0 Å². The molecule has 1 aromatic carbocycles. The van der Waals surface area contributed by atoms with Crippen molar-refractivity contribution in [3.05, 3.63) is 35.9 Å². The zero-order valence-electron chi connectivity index (χ0n) is 7.21. The van der Waals surface area contributed by atoms with Crippen molar-refractivity contribution in [3.8, 4) is 0 Å². The van der Waals surface area contributed by atoms with Crippen LogP contribution >= 0.6 is 0 Å². The molecule has 2 nitrogen and oxygen atoms in total. The molecular formula is C9H10NORb. The molecule has 0 unspecified atom stereocenters. The van der Waals surface area contributed by atoms with Crippen LogP contribution in [0.5, 0.6) is 0 Å². The predicted octanol–water partition coefficient (Wildman–Crippen LogP) is 1.11. The summed E-state index contributed by atoms with van der Waals surface area (Å²) in [6, 6.07) is 10.2. The third kappa shape index (κ3) is 4.50. The van der Waals surface area contributed by atoms with Crippen molar-refractivity contribution >= 4 is 54.5 Å². The summed E-state index contributed by atoms with van der Waals surface area (Å²) in [5, 5.41) is 2.85. The molecule has 3 heteroatoms. The fourth-order valence-corrected chi connectivity index (χ4v) is 1.64. The summed E-state index contributed by atoms with van der Waals surface area (Å²) in [6.45, 7) is 0.774. The number of rotatable bonds is 3. The van der Waals surface area contributed by atoms with Gasteiger partial charge in [0.2, 0.25) is 0 Å². The van der Waals surface area contributed by atoms with E-state index in [2.05, 4.69) is 17.4 Å². The molecule has 0 radical (unpaired) electrons. The summed E-state index contributed by atoms with van der Waals surface area (Å²) in [7, 11) is 0. The second-order valence-electron chi connectivity index (χ2n) is 2.72. The molecule has 0 aliphatic heterocycles. The first-order valence-corrected chi connectivity index (χ1v) is 6.53. The summed E-state index contributed by atoms with van der Waals surface area (Å²) in [6.07, 6.45) is 0.937. The first-order chi connectivity index (χ1) is 5.79. The first kappa shape index (κ1) is 10.6. The Morgan fingerprint density at radius 2 is 2.00 bits per heavy atom. The second-order valence-corrected chi connectivity index (χ2v) is 4.95. The van der Waals surface area contributed by atoms with Crippen molar-refractivity contribution < 1.29 is 4.79 Å². The molecule has 0 aliphatic carbocycles. The number of hydrogen-bond donors (Lipinski definition) is 1. The molecule has 1 aromatic rings. The van der Waals surface area contributed by atoms with Gasteiger partial charge in [-0.25, -0.2) is 0 Å². The van der Waals surface area contributed by atoms with Crippen LogP contribution in [0, 0.1) is 0 Å². The average Bonchev–Trinajstić information content (AvgIpc) is 2.05. The van der Waals surface area contributed by atoms with Crippen LogP contribution in [0.25, 0.3) is 0 Å². The van der Waals surface area contributed by atoms with Gasteiger partial charge in [-0.3, -0.25) is 0 Å². The molecule has 0 atom stereocenters. The van der Waals surface area contributed by atoms with Gasteiger partial charge >= 0.3 is 113 Å². The van der Waals surface area contributed by atoms with E-state index in [1.807, 2.05) is 18.2 Å². The van der Waals surface area contributed by atoms with Crippen LogP contribution < -0.4 is 5.32 Å². The van der Waals surface area contributed by atoms with Gasteiger partial charge in [-0.1, -0.05) is 0 Å². The van der Waals surface area contributed by atoms with E-state index < -0.39 is 0 Å². The molecule has 0 heterocycles. The van der Waals surface area contributed by atoms with E-state index in [1.165, 1.54) is 5.56 Å². The Morgan fingerprint density at radius 3 is 2.58 bits per heavy atom. The van der Waals surface area contributed by atoms with Crippen molar-refractivity contribution in [3.63, 3.8) is 0 Å². The van der Waals surface area contributed by atoms with Gasteiger partial charge in [-0.05, 0) is 0 Å². The molecule has 0 saturated heterocycles. The second kappa shape index (κ2) is 6.03. The Morgan fingerprint density at radius 1 is 1.33 bits per heavy atom. The Hall–Kier alpha value is 0.495. The first-order valence-electron chi connectivity index (χ1n) is 4.07. The maximum atomic E-state index is 10.6. The van der Waals surface area contributed by atoms with Crippen LogP contribution in [-0.2, 0) is 6.42 Å². The molecule has 12 heavy (non-hydrogen) atoms. The van der Waals surface area contributed by atoms with Crippen molar-refractivity contribution in [2.75, 3.05) is 6.54 Å². The van der Waals surface area contributed by atoms with E-state index in [1.54, 1.807) is 0 Å². The van der Waals surface area contributed by atoms with Crippen LogP contribution in [0.15, 0.2) is 30.3 Å². The average molecular weight is 234 g/mol. The Labute approximate surface area is 111 Å². The van der Waals surface area contributed by atoms with Gasteiger partial charge in [-0.2, -0.15) is 0 Å². The molecule has 1 amide bonds. The molecule has 1 rings (SSSR count).